The maximum atomic E-state index is 13.6. The van der Waals surface area contributed by atoms with Crippen LogP contribution in [0.2, 0.25) is 0 Å². The molecule has 3 N–H and O–H groups in total. The van der Waals surface area contributed by atoms with Crippen LogP contribution in [0.4, 0.5) is 4.39 Å². The number of hydrogen-bond acceptors (Lipinski definition) is 4. The molecule has 0 aliphatic heterocycles. The van der Waals surface area contributed by atoms with Crippen LogP contribution in [0.3, 0.4) is 0 Å². The van der Waals surface area contributed by atoms with Gasteiger partial charge >= 0.3 is 5.97 Å². The number of rotatable bonds is 4. The van der Waals surface area contributed by atoms with E-state index in [0.29, 0.717) is 21.6 Å². The van der Waals surface area contributed by atoms with Crippen molar-refractivity contribution in [1.82, 2.24) is 0 Å². The van der Waals surface area contributed by atoms with E-state index in [1.807, 2.05) is 0 Å². The summed E-state index contributed by atoms with van der Waals surface area (Å²) in [5, 5.41) is 9.79. The highest BCUT2D eigenvalue weighted by Gasteiger charge is 2.33. The maximum Gasteiger partial charge on any atom is 0.337 e. The van der Waals surface area contributed by atoms with Gasteiger partial charge in [-0.25, -0.2) is 15.1 Å². The van der Waals surface area contributed by atoms with Crippen LogP contribution < -0.4 is 5.90 Å². The van der Waals surface area contributed by atoms with Crippen molar-refractivity contribution in [3.05, 3.63) is 45.6 Å². The van der Waals surface area contributed by atoms with Crippen molar-refractivity contribution < 1.29 is 19.1 Å². The Kier molecular flexibility index (Phi) is 4.46. The van der Waals surface area contributed by atoms with Crippen LogP contribution in [0, 0.1) is 11.2 Å². The summed E-state index contributed by atoms with van der Waals surface area (Å²) in [6.07, 6.45) is 2.64. The summed E-state index contributed by atoms with van der Waals surface area (Å²) in [5.41, 5.74) is 2.58. The number of hydrogen-bond donors (Lipinski definition) is 2. The van der Waals surface area contributed by atoms with Crippen LogP contribution >= 0.6 is 11.3 Å². The number of nitrogens with two attached hydrogens (primary N) is 1. The first-order valence-corrected chi connectivity index (χ1v) is 8.62. The second-order valence-corrected chi connectivity index (χ2v) is 8.07. The number of carbonyl (C=O) groups is 1. The minimum absolute atomic E-state index is 0.0280. The van der Waals surface area contributed by atoms with Gasteiger partial charge in [0.25, 0.3) is 0 Å². The number of carboxylic acids is 1. The van der Waals surface area contributed by atoms with Crippen molar-refractivity contribution in [2.24, 2.45) is 11.3 Å². The van der Waals surface area contributed by atoms with Crippen molar-refractivity contribution in [3.8, 4) is 10.4 Å². The lowest BCUT2D eigenvalue weighted by molar-refractivity contribution is 0.0696. The Morgan fingerprint density at radius 1 is 1.46 bits per heavy atom. The van der Waals surface area contributed by atoms with E-state index in [4.69, 9.17) is 5.90 Å². The zero-order valence-electron chi connectivity index (χ0n) is 13.7. The minimum atomic E-state index is -0.941. The third-order valence-corrected chi connectivity index (χ3v) is 5.86. The van der Waals surface area contributed by atoms with E-state index in [0.717, 1.165) is 29.7 Å². The Hall–Kier alpha value is -1.76. The molecule has 0 amide bonds. The molecule has 0 saturated heterocycles. The highest BCUT2D eigenvalue weighted by molar-refractivity contribution is 7.16. The van der Waals surface area contributed by atoms with Crippen molar-refractivity contribution in [1.29, 1.82) is 0 Å². The minimum Gasteiger partial charge on any atom is -0.478 e. The zero-order chi connectivity index (χ0) is 17.5. The Morgan fingerprint density at radius 2 is 2.21 bits per heavy atom. The van der Waals surface area contributed by atoms with Gasteiger partial charge in [-0.2, -0.15) is 0 Å². The molecule has 24 heavy (non-hydrogen) atoms. The average Bonchev–Trinajstić information content (AvgIpc) is 2.84. The summed E-state index contributed by atoms with van der Waals surface area (Å²) in [6.45, 7) is 4.34. The summed E-state index contributed by atoms with van der Waals surface area (Å²) in [7, 11) is 0. The van der Waals surface area contributed by atoms with Crippen molar-refractivity contribution in [2.75, 3.05) is 0 Å². The molecule has 4 nitrogen and oxygen atoms in total. The average molecular weight is 349 g/mol. The van der Waals surface area contributed by atoms with Gasteiger partial charge in [-0.3, -0.25) is 4.84 Å². The fourth-order valence-electron chi connectivity index (χ4n) is 3.33. The SMILES string of the molecule is CC1(C)CCc2sc(-c3ccc(F)cc3CON)c(C(=O)O)c2C1. The van der Waals surface area contributed by atoms with Gasteiger partial charge in [0.15, 0.2) is 0 Å². The molecule has 1 heterocycles. The van der Waals surface area contributed by atoms with Crippen molar-refractivity contribution in [2.45, 2.75) is 39.7 Å². The van der Waals surface area contributed by atoms with Crippen molar-refractivity contribution >= 4 is 17.3 Å². The van der Waals surface area contributed by atoms with Gasteiger partial charge in [-0.1, -0.05) is 19.9 Å². The van der Waals surface area contributed by atoms with Gasteiger partial charge in [0.1, 0.15) is 5.82 Å². The molecule has 0 saturated carbocycles. The predicted octanol–water partition coefficient (Wildman–Crippen LogP) is 4.16. The lowest BCUT2D eigenvalue weighted by Crippen LogP contribution is -2.22. The standard InChI is InChI=1S/C18H20FNO3S/c1-18(2)6-5-14-13(8-18)15(17(21)22)16(24-14)12-4-3-11(19)7-10(12)9-23-20/h3-4,7H,5-6,8-9,20H2,1-2H3,(H,21,22). The monoisotopic (exact) mass is 349 g/mol. The molecule has 1 aliphatic carbocycles. The summed E-state index contributed by atoms with van der Waals surface area (Å²) in [6, 6.07) is 4.29. The molecule has 2 aromatic rings. The summed E-state index contributed by atoms with van der Waals surface area (Å²) in [4.78, 5) is 18.4. The Balaban J connectivity index is 2.20. The quantitative estimate of drug-likeness (QED) is 0.813. The number of benzene rings is 1. The van der Waals surface area contributed by atoms with Gasteiger partial charge in [-0.15, -0.1) is 11.3 Å². The fraction of sp³-hybridized carbons (Fsp3) is 0.389. The van der Waals surface area contributed by atoms with E-state index in [9.17, 15) is 14.3 Å². The Labute approximate surface area is 144 Å². The third kappa shape index (κ3) is 3.09. The molecule has 0 radical (unpaired) electrons. The number of aromatic carboxylic acids is 1. The number of thiophene rings is 1. The van der Waals surface area contributed by atoms with E-state index >= 15 is 0 Å². The number of fused-ring (bicyclic) bond motifs is 1. The smallest absolute Gasteiger partial charge is 0.337 e. The maximum absolute atomic E-state index is 13.6. The Morgan fingerprint density at radius 3 is 2.88 bits per heavy atom. The third-order valence-electron chi connectivity index (χ3n) is 4.54. The van der Waals surface area contributed by atoms with Crippen LogP contribution in [0.25, 0.3) is 10.4 Å². The van der Waals surface area contributed by atoms with Crippen LogP contribution in [0.5, 0.6) is 0 Å². The van der Waals surface area contributed by atoms with Gasteiger partial charge in [0.05, 0.1) is 12.2 Å². The second-order valence-electron chi connectivity index (χ2n) is 6.97. The number of carboxylic acid groups (broad SMARTS) is 1. The van der Waals surface area contributed by atoms with E-state index in [2.05, 4.69) is 18.7 Å². The highest BCUT2D eigenvalue weighted by Crippen LogP contribution is 2.45. The fourth-order valence-corrected chi connectivity index (χ4v) is 4.70. The number of halogens is 1. The van der Waals surface area contributed by atoms with Crippen molar-refractivity contribution in [3.63, 3.8) is 0 Å². The van der Waals surface area contributed by atoms with Crippen LogP contribution in [-0.4, -0.2) is 11.1 Å². The molecule has 0 spiro atoms. The molecule has 1 aromatic heterocycles. The molecule has 3 rings (SSSR count). The summed E-state index contributed by atoms with van der Waals surface area (Å²) < 4.78 is 13.6. The first-order valence-electron chi connectivity index (χ1n) is 7.81. The first kappa shape index (κ1) is 17.1. The molecule has 0 atom stereocenters. The molecule has 0 fully saturated rings. The molecular weight excluding hydrogens is 329 g/mol. The van der Waals surface area contributed by atoms with E-state index in [1.165, 1.54) is 23.5 Å². The van der Waals surface area contributed by atoms with Gasteiger partial charge < -0.3 is 5.11 Å². The summed E-state index contributed by atoms with van der Waals surface area (Å²) >= 11 is 1.49. The normalized spacial score (nSPS) is 16.0. The van der Waals surface area contributed by atoms with E-state index < -0.39 is 11.8 Å². The lowest BCUT2D eigenvalue weighted by Gasteiger charge is -2.29. The van der Waals surface area contributed by atoms with Crippen LogP contribution in [0.1, 0.15) is 46.6 Å². The molecule has 128 valence electrons. The zero-order valence-corrected chi connectivity index (χ0v) is 14.5. The van der Waals surface area contributed by atoms with Crippen LogP contribution in [-0.2, 0) is 24.3 Å². The Bertz CT molecular complexity index is 798. The highest BCUT2D eigenvalue weighted by atomic mass is 32.1. The molecule has 6 heteroatoms. The van der Waals surface area contributed by atoms with Gasteiger partial charge in [0, 0.05) is 9.75 Å². The number of aryl methyl sites for hydroxylation is 1. The molecular formula is C18H20FNO3S. The largest absolute Gasteiger partial charge is 0.478 e. The first-order chi connectivity index (χ1) is 11.3. The van der Waals surface area contributed by atoms with Crippen LogP contribution in [0.15, 0.2) is 18.2 Å². The molecule has 0 bridgehead atoms. The summed E-state index contributed by atoms with van der Waals surface area (Å²) in [5.74, 6) is 3.81. The van der Waals surface area contributed by atoms with E-state index in [1.54, 1.807) is 6.07 Å². The molecule has 1 aromatic carbocycles. The van der Waals surface area contributed by atoms with Gasteiger partial charge in [-0.05, 0) is 53.5 Å². The topological polar surface area (TPSA) is 72.5 Å². The molecule has 1 aliphatic rings. The lowest BCUT2D eigenvalue weighted by atomic mass is 9.76. The molecule has 0 unspecified atom stereocenters. The predicted molar refractivity (Wildman–Crippen MR) is 91.5 cm³/mol. The second kappa shape index (κ2) is 6.27. The van der Waals surface area contributed by atoms with Gasteiger partial charge in [0.2, 0.25) is 0 Å². The van der Waals surface area contributed by atoms with E-state index in [-0.39, 0.29) is 12.0 Å².